The Hall–Kier alpha value is -2.57. The van der Waals surface area contributed by atoms with Crippen LogP contribution in [0, 0.1) is 5.92 Å². The molecule has 5 N–H and O–H groups in total. The molecule has 0 saturated heterocycles. The lowest BCUT2D eigenvalue weighted by Crippen LogP contribution is -2.36. The van der Waals surface area contributed by atoms with Crippen molar-refractivity contribution in [2.24, 2.45) is 11.1 Å². The number of rotatable bonds is 7. The number of fused-ring (bicyclic) bond motifs is 1. The van der Waals surface area contributed by atoms with Crippen molar-refractivity contribution in [3.05, 3.63) is 48.2 Å². The highest BCUT2D eigenvalue weighted by Gasteiger charge is 2.42. The van der Waals surface area contributed by atoms with Crippen LogP contribution in [0.1, 0.15) is 43.6 Å². The Kier molecular flexibility index (Phi) is 6.30. The summed E-state index contributed by atoms with van der Waals surface area (Å²) in [6, 6.07) is 11.6. The van der Waals surface area contributed by atoms with Crippen LogP contribution in [0.15, 0.2) is 42.6 Å². The lowest BCUT2D eigenvalue weighted by Gasteiger charge is -2.19. The lowest BCUT2D eigenvalue weighted by atomic mass is 9.95. The number of nitrogens with zero attached hydrogens (tertiary/aromatic N) is 3. The standard InChI is InChI=1S/C23H29N5O5S/c24-34(31,32)33-13-17-11-19(23(30)22(17)29)26-20-8-9-25-21-12-18(27-28(20)21)16-7-3-6-15(10-16)14-4-1-2-5-14/h3,6-10,12,14,17,19,22-23,26,29-30H,1-2,4-5,11,13H2,(H2,24,31,32). The van der Waals surface area contributed by atoms with Crippen LogP contribution >= 0.6 is 0 Å². The van der Waals surface area contributed by atoms with Crippen molar-refractivity contribution in [1.82, 2.24) is 14.6 Å². The molecule has 4 unspecified atom stereocenters. The summed E-state index contributed by atoms with van der Waals surface area (Å²) in [5.74, 6) is 0.621. The van der Waals surface area contributed by atoms with Crippen LogP contribution in [0.5, 0.6) is 0 Å². The summed E-state index contributed by atoms with van der Waals surface area (Å²) in [6.45, 7) is -0.301. The van der Waals surface area contributed by atoms with Crippen molar-refractivity contribution in [3.8, 4) is 11.3 Å². The maximum atomic E-state index is 11.1. The number of aromatic nitrogens is 3. The molecule has 3 aromatic rings. The molecule has 0 bridgehead atoms. The fourth-order valence-corrected chi connectivity index (χ4v) is 5.53. The van der Waals surface area contributed by atoms with E-state index in [0.29, 0.717) is 23.8 Å². The maximum Gasteiger partial charge on any atom is 0.333 e. The smallest absolute Gasteiger partial charge is 0.333 e. The van der Waals surface area contributed by atoms with Crippen LogP contribution in [-0.4, -0.2) is 58.1 Å². The first-order chi connectivity index (χ1) is 16.3. The third kappa shape index (κ3) is 4.80. The topological polar surface area (TPSA) is 152 Å². The van der Waals surface area contributed by atoms with Crippen molar-refractivity contribution in [2.75, 3.05) is 11.9 Å². The Labute approximate surface area is 198 Å². The molecular weight excluding hydrogens is 458 g/mol. The minimum atomic E-state index is -4.13. The number of benzene rings is 1. The highest BCUT2D eigenvalue weighted by atomic mass is 32.2. The number of hydrogen-bond donors (Lipinski definition) is 4. The Morgan fingerprint density at radius 1 is 1.15 bits per heavy atom. The molecule has 10 nitrogen and oxygen atoms in total. The number of aliphatic hydroxyl groups excluding tert-OH is 2. The molecule has 1 aromatic carbocycles. The Bertz CT molecular complexity index is 1270. The van der Waals surface area contributed by atoms with Gasteiger partial charge >= 0.3 is 10.3 Å². The number of nitrogens with two attached hydrogens (primary N) is 1. The molecule has 0 amide bonds. The number of aliphatic hydroxyl groups is 2. The second-order valence-corrected chi connectivity index (χ2v) is 10.5. The first kappa shape index (κ1) is 23.2. The van der Waals surface area contributed by atoms with Crippen molar-refractivity contribution < 1.29 is 22.8 Å². The zero-order valence-corrected chi connectivity index (χ0v) is 19.4. The van der Waals surface area contributed by atoms with Crippen LogP contribution in [0.2, 0.25) is 0 Å². The SMILES string of the molecule is NS(=O)(=O)OCC1CC(Nc2ccnc3cc(-c4cccc(C5CCCC5)c4)nn23)C(O)C1O. The molecule has 4 atom stereocenters. The van der Waals surface area contributed by atoms with Crippen LogP contribution in [0.3, 0.4) is 0 Å². The molecule has 0 aliphatic heterocycles. The normalized spacial score (nSPS) is 25.9. The van der Waals surface area contributed by atoms with Gasteiger partial charge in [0.1, 0.15) is 11.9 Å². The van der Waals surface area contributed by atoms with Gasteiger partial charge in [0, 0.05) is 23.7 Å². The third-order valence-electron chi connectivity index (χ3n) is 6.95. The molecule has 182 valence electrons. The molecule has 11 heteroatoms. The summed E-state index contributed by atoms with van der Waals surface area (Å²) in [5, 5.41) is 33.7. The van der Waals surface area contributed by atoms with E-state index in [-0.39, 0.29) is 6.61 Å². The highest BCUT2D eigenvalue weighted by Crippen LogP contribution is 2.36. The molecule has 2 aliphatic rings. The fraction of sp³-hybridized carbons (Fsp3) is 0.478. The van der Waals surface area contributed by atoms with E-state index in [9.17, 15) is 18.6 Å². The Morgan fingerprint density at radius 3 is 2.71 bits per heavy atom. The van der Waals surface area contributed by atoms with Gasteiger partial charge in [-0.15, -0.1) is 0 Å². The summed E-state index contributed by atoms with van der Waals surface area (Å²) < 4.78 is 28.5. The van der Waals surface area contributed by atoms with E-state index in [0.717, 1.165) is 11.3 Å². The number of nitrogens with one attached hydrogen (secondary N) is 1. The molecule has 0 spiro atoms. The van der Waals surface area contributed by atoms with Crippen LogP contribution in [0.25, 0.3) is 16.9 Å². The average Bonchev–Trinajstić information content (AvgIpc) is 3.54. The van der Waals surface area contributed by atoms with E-state index < -0.39 is 34.5 Å². The van der Waals surface area contributed by atoms with Gasteiger partial charge in [-0.1, -0.05) is 31.0 Å². The minimum Gasteiger partial charge on any atom is -0.390 e. The predicted molar refractivity (Wildman–Crippen MR) is 126 cm³/mol. The van der Waals surface area contributed by atoms with Crippen molar-refractivity contribution >= 4 is 21.8 Å². The average molecular weight is 488 g/mol. The molecule has 34 heavy (non-hydrogen) atoms. The summed E-state index contributed by atoms with van der Waals surface area (Å²) in [5.41, 5.74) is 3.81. The summed E-state index contributed by atoms with van der Waals surface area (Å²) >= 11 is 0. The first-order valence-electron chi connectivity index (χ1n) is 11.5. The molecule has 2 heterocycles. The van der Waals surface area contributed by atoms with Crippen molar-refractivity contribution in [2.45, 2.75) is 56.3 Å². The van der Waals surface area contributed by atoms with Gasteiger partial charge in [-0.05, 0) is 42.9 Å². The monoisotopic (exact) mass is 487 g/mol. The Morgan fingerprint density at radius 2 is 1.94 bits per heavy atom. The summed E-state index contributed by atoms with van der Waals surface area (Å²) in [4.78, 5) is 4.42. The lowest BCUT2D eigenvalue weighted by molar-refractivity contribution is 0.00777. The number of hydrogen-bond acceptors (Lipinski definition) is 8. The first-order valence-corrected chi connectivity index (χ1v) is 13.0. The van der Waals surface area contributed by atoms with Gasteiger partial charge in [-0.3, -0.25) is 4.18 Å². The number of anilines is 1. The van der Waals surface area contributed by atoms with Crippen molar-refractivity contribution in [3.63, 3.8) is 0 Å². The van der Waals surface area contributed by atoms with Gasteiger partial charge in [0.2, 0.25) is 0 Å². The van der Waals surface area contributed by atoms with E-state index >= 15 is 0 Å². The van der Waals surface area contributed by atoms with Crippen LogP contribution in [0.4, 0.5) is 5.82 Å². The Balaban J connectivity index is 1.37. The maximum absolute atomic E-state index is 11.1. The predicted octanol–water partition coefficient (Wildman–Crippen LogP) is 1.80. The molecule has 2 saturated carbocycles. The second-order valence-electron chi connectivity index (χ2n) is 9.24. The molecule has 0 radical (unpaired) electrons. The molecule has 2 aliphatic carbocycles. The van der Waals surface area contributed by atoms with Gasteiger partial charge < -0.3 is 15.5 Å². The van der Waals surface area contributed by atoms with Gasteiger partial charge in [-0.25, -0.2) is 10.1 Å². The molecule has 5 rings (SSSR count). The van der Waals surface area contributed by atoms with Gasteiger partial charge in [0.15, 0.2) is 5.65 Å². The van der Waals surface area contributed by atoms with E-state index in [4.69, 9.17) is 10.2 Å². The summed E-state index contributed by atoms with van der Waals surface area (Å²) in [6.07, 6.45) is 4.68. The van der Waals surface area contributed by atoms with Crippen LogP contribution < -0.4 is 10.5 Å². The van der Waals surface area contributed by atoms with E-state index in [2.05, 4.69) is 32.7 Å². The largest absolute Gasteiger partial charge is 0.390 e. The van der Waals surface area contributed by atoms with Crippen LogP contribution in [-0.2, 0) is 14.5 Å². The third-order valence-corrected chi connectivity index (χ3v) is 7.41. The summed E-state index contributed by atoms with van der Waals surface area (Å²) in [7, 11) is -4.13. The van der Waals surface area contributed by atoms with Gasteiger partial charge in [0.25, 0.3) is 0 Å². The van der Waals surface area contributed by atoms with Gasteiger partial charge in [0.05, 0.1) is 24.4 Å². The fourth-order valence-electron chi connectivity index (χ4n) is 5.16. The molecule has 2 aromatic heterocycles. The quantitative estimate of drug-likeness (QED) is 0.394. The zero-order chi connectivity index (χ0) is 23.9. The van der Waals surface area contributed by atoms with Gasteiger partial charge in [-0.2, -0.15) is 18.0 Å². The second kappa shape index (κ2) is 9.23. The van der Waals surface area contributed by atoms with E-state index in [1.807, 2.05) is 12.1 Å². The van der Waals surface area contributed by atoms with E-state index in [1.54, 1.807) is 16.8 Å². The molecular formula is C23H29N5O5S. The zero-order valence-electron chi connectivity index (χ0n) is 18.6. The minimum absolute atomic E-state index is 0.291. The van der Waals surface area contributed by atoms with E-state index in [1.165, 1.54) is 31.2 Å². The van der Waals surface area contributed by atoms with Crippen molar-refractivity contribution in [1.29, 1.82) is 0 Å². The molecule has 2 fully saturated rings. The highest BCUT2D eigenvalue weighted by molar-refractivity contribution is 7.84.